The zero-order valence-electron chi connectivity index (χ0n) is 12.3. The van der Waals surface area contributed by atoms with E-state index in [-0.39, 0.29) is 11.9 Å². The van der Waals surface area contributed by atoms with E-state index in [1.807, 2.05) is 38.1 Å². The van der Waals surface area contributed by atoms with Crippen LogP contribution >= 0.6 is 0 Å². The number of rotatable bonds is 6. The van der Waals surface area contributed by atoms with Crippen molar-refractivity contribution in [2.75, 3.05) is 14.2 Å². The Morgan fingerprint density at radius 3 is 2.58 bits per heavy atom. The maximum atomic E-state index is 12.0. The molecule has 0 N–H and O–H groups in total. The molecule has 1 aromatic rings. The third-order valence-corrected chi connectivity index (χ3v) is 3.10. The SMILES string of the molecule is COc1cccc(COC(C)C(=O)N(C)C(C)C)c1. The molecule has 0 aliphatic heterocycles. The summed E-state index contributed by atoms with van der Waals surface area (Å²) in [6, 6.07) is 7.82. The Morgan fingerprint density at radius 1 is 1.32 bits per heavy atom. The highest BCUT2D eigenvalue weighted by Gasteiger charge is 2.19. The van der Waals surface area contributed by atoms with Gasteiger partial charge in [-0.1, -0.05) is 12.1 Å². The normalized spacial score (nSPS) is 12.3. The molecule has 0 bridgehead atoms. The highest BCUT2D eigenvalue weighted by molar-refractivity contribution is 5.80. The first-order valence-electron chi connectivity index (χ1n) is 6.47. The maximum Gasteiger partial charge on any atom is 0.251 e. The summed E-state index contributed by atoms with van der Waals surface area (Å²) in [4.78, 5) is 13.7. The van der Waals surface area contributed by atoms with E-state index in [1.165, 1.54) is 0 Å². The first-order valence-corrected chi connectivity index (χ1v) is 6.47. The van der Waals surface area contributed by atoms with Crippen molar-refractivity contribution in [2.24, 2.45) is 0 Å². The summed E-state index contributed by atoms with van der Waals surface area (Å²) in [5, 5.41) is 0. The second-order valence-electron chi connectivity index (χ2n) is 4.85. The zero-order valence-corrected chi connectivity index (χ0v) is 12.3. The van der Waals surface area contributed by atoms with E-state index in [0.717, 1.165) is 11.3 Å². The van der Waals surface area contributed by atoms with E-state index in [2.05, 4.69) is 0 Å². The number of likely N-dealkylation sites (N-methyl/N-ethyl adjacent to an activating group) is 1. The molecule has 1 rings (SSSR count). The quantitative estimate of drug-likeness (QED) is 0.793. The highest BCUT2D eigenvalue weighted by Crippen LogP contribution is 2.14. The van der Waals surface area contributed by atoms with Crippen LogP contribution in [0.3, 0.4) is 0 Å². The standard InChI is InChI=1S/C15H23NO3/c1-11(2)16(4)15(17)12(3)19-10-13-7-6-8-14(9-13)18-5/h6-9,11-12H,10H2,1-5H3. The Kier molecular flexibility index (Phi) is 5.83. The molecule has 0 spiro atoms. The molecule has 4 nitrogen and oxygen atoms in total. The van der Waals surface area contributed by atoms with Crippen molar-refractivity contribution in [3.8, 4) is 5.75 Å². The van der Waals surface area contributed by atoms with Gasteiger partial charge in [0.05, 0.1) is 13.7 Å². The molecule has 106 valence electrons. The van der Waals surface area contributed by atoms with E-state index >= 15 is 0 Å². The average Bonchev–Trinajstić information content (AvgIpc) is 2.43. The van der Waals surface area contributed by atoms with Gasteiger partial charge >= 0.3 is 0 Å². The van der Waals surface area contributed by atoms with E-state index < -0.39 is 6.10 Å². The number of carbonyl (C=O) groups excluding carboxylic acids is 1. The van der Waals surface area contributed by atoms with Gasteiger partial charge in [0.15, 0.2) is 0 Å². The van der Waals surface area contributed by atoms with Crippen molar-refractivity contribution in [3.63, 3.8) is 0 Å². The molecule has 4 heteroatoms. The summed E-state index contributed by atoms with van der Waals surface area (Å²) >= 11 is 0. The predicted molar refractivity (Wildman–Crippen MR) is 75.2 cm³/mol. The first-order chi connectivity index (χ1) is 8.95. The molecule has 0 saturated carbocycles. The van der Waals surface area contributed by atoms with Crippen LogP contribution in [0.5, 0.6) is 5.75 Å². The molecule has 0 aliphatic rings. The van der Waals surface area contributed by atoms with Crippen LogP contribution < -0.4 is 4.74 Å². The van der Waals surface area contributed by atoms with E-state index in [9.17, 15) is 4.79 Å². The second kappa shape index (κ2) is 7.14. The molecule has 0 aromatic heterocycles. The molecule has 1 amide bonds. The fourth-order valence-electron chi connectivity index (χ4n) is 1.60. The largest absolute Gasteiger partial charge is 0.497 e. The van der Waals surface area contributed by atoms with Gasteiger partial charge in [-0.25, -0.2) is 0 Å². The van der Waals surface area contributed by atoms with Gasteiger partial charge in [0.25, 0.3) is 5.91 Å². The minimum absolute atomic E-state index is 0.00195. The molecule has 0 fully saturated rings. The summed E-state index contributed by atoms with van der Waals surface area (Å²) in [6.45, 7) is 6.14. The van der Waals surface area contributed by atoms with Gasteiger partial charge in [0, 0.05) is 13.1 Å². The lowest BCUT2D eigenvalue weighted by atomic mass is 10.2. The van der Waals surface area contributed by atoms with Crippen LogP contribution in [0.1, 0.15) is 26.3 Å². The molecule has 0 aliphatic carbocycles. The number of methoxy groups -OCH3 is 1. The van der Waals surface area contributed by atoms with Gasteiger partial charge < -0.3 is 14.4 Å². The number of carbonyl (C=O) groups is 1. The van der Waals surface area contributed by atoms with Gasteiger partial charge in [0.2, 0.25) is 0 Å². The van der Waals surface area contributed by atoms with Crippen molar-refractivity contribution < 1.29 is 14.3 Å². The smallest absolute Gasteiger partial charge is 0.251 e. The summed E-state index contributed by atoms with van der Waals surface area (Å²) in [5.41, 5.74) is 0.992. The van der Waals surface area contributed by atoms with Crippen molar-refractivity contribution in [1.29, 1.82) is 0 Å². The maximum absolute atomic E-state index is 12.0. The monoisotopic (exact) mass is 265 g/mol. The molecule has 0 heterocycles. The number of amides is 1. The fourth-order valence-corrected chi connectivity index (χ4v) is 1.60. The Morgan fingerprint density at radius 2 is 2.00 bits per heavy atom. The molecular formula is C15H23NO3. The van der Waals surface area contributed by atoms with E-state index in [1.54, 1.807) is 26.0 Å². The Hall–Kier alpha value is -1.55. The topological polar surface area (TPSA) is 38.8 Å². The molecule has 0 saturated heterocycles. The van der Waals surface area contributed by atoms with Crippen LogP contribution in [0.2, 0.25) is 0 Å². The van der Waals surface area contributed by atoms with Crippen molar-refractivity contribution in [2.45, 2.75) is 39.5 Å². The summed E-state index contributed by atoms with van der Waals surface area (Å²) in [5.74, 6) is 0.789. The van der Waals surface area contributed by atoms with E-state index in [4.69, 9.17) is 9.47 Å². The number of nitrogens with zero attached hydrogens (tertiary/aromatic N) is 1. The lowest BCUT2D eigenvalue weighted by Crippen LogP contribution is -2.40. The Balaban J connectivity index is 2.53. The minimum atomic E-state index is -0.446. The molecule has 1 unspecified atom stereocenters. The Labute approximate surface area is 115 Å². The van der Waals surface area contributed by atoms with Crippen LogP contribution in [0.25, 0.3) is 0 Å². The lowest BCUT2D eigenvalue weighted by Gasteiger charge is -2.25. The van der Waals surface area contributed by atoms with Crippen LogP contribution in [-0.2, 0) is 16.1 Å². The zero-order chi connectivity index (χ0) is 14.4. The first kappa shape index (κ1) is 15.5. The third kappa shape index (κ3) is 4.56. The number of hydrogen-bond donors (Lipinski definition) is 0. The van der Waals surface area contributed by atoms with Gasteiger partial charge in [0.1, 0.15) is 11.9 Å². The van der Waals surface area contributed by atoms with Crippen LogP contribution in [-0.4, -0.2) is 37.1 Å². The summed E-state index contributed by atoms with van der Waals surface area (Å²) in [6.07, 6.45) is -0.446. The number of ether oxygens (including phenoxy) is 2. The average molecular weight is 265 g/mol. The van der Waals surface area contributed by atoms with Crippen LogP contribution in [0, 0.1) is 0 Å². The second-order valence-corrected chi connectivity index (χ2v) is 4.85. The Bertz CT molecular complexity index is 418. The molecule has 1 atom stereocenters. The number of benzene rings is 1. The number of hydrogen-bond acceptors (Lipinski definition) is 3. The van der Waals surface area contributed by atoms with Crippen LogP contribution in [0.4, 0.5) is 0 Å². The summed E-state index contributed by atoms with van der Waals surface area (Å²) < 4.78 is 10.8. The fraction of sp³-hybridized carbons (Fsp3) is 0.533. The molecule has 1 aromatic carbocycles. The molecular weight excluding hydrogens is 242 g/mol. The van der Waals surface area contributed by atoms with Gasteiger partial charge in [-0.15, -0.1) is 0 Å². The van der Waals surface area contributed by atoms with Crippen molar-refractivity contribution in [1.82, 2.24) is 4.90 Å². The van der Waals surface area contributed by atoms with Crippen molar-refractivity contribution in [3.05, 3.63) is 29.8 Å². The van der Waals surface area contributed by atoms with Gasteiger partial charge in [-0.05, 0) is 38.5 Å². The predicted octanol–water partition coefficient (Wildman–Crippen LogP) is 2.47. The summed E-state index contributed by atoms with van der Waals surface area (Å²) in [7, 11) is 3.42. The lowest BCUT2D eigenvalue weighted by molar-refractivity contribution is -0.143. The highest BCUT2D eigenvalue weighted by atomic mass is 16.5. The van der Waals surface area contributed by atoms with Crippen molar-refractivity contribution >= 4 is 5.91 Å². The molecule has 0 radical (unpaired) electrons. The van der Waals surface area contributed by atoms with Crippen LogP contribution in [0.15, 0.2) is 24.3 Å². The van der Waals surface area contributed by atoms with Gasteiger partial charge in [-0.2, -0.15) is 0 Å². The molecule has 19 heavy (non-hydrogen) atoms. The third-order valence-electron chi connectivity index (χ3n) is 3.10. The van der Waals surface area contributed by atoms with Gasteiger partial charge in [-0.3, -0.25) is 4.79 Å². The minimum Gasteiger partial charge on any atom is -0.497 e. The van der Waals surface area contributed by atoms with E-state index in [0.29, 0.717) is 6.61 Å².